The number of halogens is 2. The summed E-state index contributed by atoms with van der Waals surface area (Å²) in [6.07, 6.45) is 5.46. The minimum atomic E-state index is -1.04. The maximum absolute atomic E-state index is 12.8. The Kier molecular flexibility index (Phi) is 4.01. The highest BCUT2D eigenvalue weighted by atomic mass is 19.2. The Morgan fingerprint density at radius 3 is 2.75 bits per heavy atom. The van der Waals surface area contributed by atoms with E-state index >= 15 is 0 Å². The zero-order valence-corrected chi connectivity index (χ0v) is 8.76. The van der Waals surface area contributed by atoms with Crippen molar-refractivity contribution in [2.24, 2.45) is 0 Å². The van der Waals surface area contributed by atoms with Gasteiger partial charge in [0.25, 0.3) is 5.91 Å². The van der Waals surface area contributed by atoms with Crippen LogP contribution < -0.4 is 5.32 Å². The molecule has 0 aliphatic rings. The van der Waals surface area contributed by atoms with Gasteiger partial charge < -0.3 is 5.32 Å². The zero-order valence-electron chi connectivity index (χ0n) is 8.76. The average molecular weight is 223 g/mol. The number of benzene rings is 1. The third kappa shape index (κ3) is 3.06. The monoisotopic (exact) mass is 223 g/mol. The Morgan fingerprint density at radius 2 is 2.19 bits per heavy atom. The SMILES string of the molecule is C#CCC(C)NC(=O)c1ccc(F)c(F)c1. The van der Waals surface area contributed by atoms with E-state index < -0.39 is 17.5 Å². The van der Waals surface area contributed by atoms with Gasteiger partial charge in [-0.25, -0.2) is 8.78 Å². The molecule has 0 aromatic heterocycles. The van der Waals surface area contributed by atoms with Crippen LogP contribution in [0.5, 0.6) is 0 Å². The number of amides is 1. The molecule has 0 aliphatic carbocycles. The van der Waals surface area contributed by atoms with Gasteiger partial charge in [0.05, 0.1) is 0 Å². The first-order valence-electron chi connectivity index (χ1n) is 4.74. The molecule has 0 saturated carbocycles. The molecular formula is C12H11F2NO. The van der Waals surface area contributed by atoms with Gasteiger partial charge in [-0.2, -0.15) is 0 Å². The largest absolute Gasteiger partial charge is 0.349 e. The number of carbonyl (C=O) groups is 1. The second-order valence-corrected chi connectivity index (χ2v) is 3.41. The van der Waals surface area contributed by atoms with Crippen LogP contribution in [-0.2, 0) is 0 Å². The standard InChI is InChI=1S/C12H11F2NO/c1-3-4-8(2)15-12(16)9-5-6-10(13)11(14)7-9/h1,5-8H,4H2,2H3,(H,15,16). The van der Waals surface area contributed by atoms with E-state index in [1.807, 2.05) is 0 Å². The summed E-state index contributed by atoms with van der Waals surface area (Å²) < 4.78 is 25.4. The second kappa shape index (κ2) is 5.26. The summed E-state index contributed by atoms with van der Waals surface area (Å²) in [5.41, 5.74) is 0.0720. The highest BCUT2D eigenvalue weighted by Gasteiger charge is 2.11. The fourth-order valence-electron chi connectivity index (χ4n) is 1.17. The van der Waals surface area contributed by atoms with E-state index in [1.165, 1.54) is 6.07 Å². The Morgan fingerprint density at radius 1 is 1.50 bits per heavy atom. The molecule has 1 rings (SSSR count). The predicted octanol–water partition coefficient (Wildman–Crippen LogP) is 2.11. The second-order valence-electron chi connectivity index (χ2n) is 3.41. The highest BCUT2D eigenvalue weighted by Crippen LogP contribution is 2.08. The first-order chi connectivity index (χ1) is 7.54. The number of nitrogens with one attached hydrogen (secondary N) is 1. The Balaban J connectivity index is 2.74. The number of rotatable bonds is 3. The van der Waals surface area contributed by atoms with Crippen LogP contribution in [0.1, 0.15) is 23.7 Å². The van der Waals surface area contributed by atoms with Crippen molar-refractivity contribution >= 4 is 5.91 Å². The highest BCUT2D eigenvalue weighted by molar-refractivity contribution is 5.94. The van der Waals surface area contributed by atoms with Crippen LogP contribution in [0.2, 0.25) is 0 Å². The Hall–Kier alpha value is -1.89. The molecule has 1 atom stereocenters. The number of hydrogen-bond acceptors (Lipinski definition) is 1. The maximum Gasteiger partial charge on any atom is 0.251 e. The van der Waals surface area contributed by atoms with E-state index in [4.69, 9.17) is 6.42 Å². The van der Waals surface area contributed by atoms with E-state index in [1.54, 1.807) is 6.92 Å². The summed E-state index contributed by atoms with van der Waals surface area (Å²) in [7, 11) is 0. The van der Waals surface area contributed by atoms with Crippen LogP contribution >= 0.6 is 0 Å². The molecule has 0 aliphatic heterocycles. The van der Waals surface area contributed by atoms with Crippen molar-refractivity contribution in [2.45, 2.75) is 19.4 Å². The maximum atomic E-state index is 12.8. The third-order valence-electron chi connectivity index (χ3n) is 1.98. The van der Waals surface area contributed by atoms with E-state index in [9.17, 15) is 13.6 Å². The molecule has 0 bridgehead atoms. The molecular weight excluding hydrogens is 212 g/mol. The van der Waals surface area contributed by atoms with Crippen LogP contribution in [0.3, 0.4) is 0 Å². The van der Waals surface area contributed by atoms with Crippen LogP contribution in [0.25, 0.3) is 0 Å². The van der Waals surface area contributed by atoms with E-state index in [0.717, 1.165) is 12.1 Å². The van der Waals surface area contributed by atoms with Crippen molar-refractivity contribution in [3.05, 3.63) is 35.4 Å². The number of carbonyl (C=O) groups excluding carboxylic acids is 1. The van der Waals surface area contributed by atoms with E-state index in [0.29, 0.717) is 6.42 Å². The van der Waals surface area contributed by atoms with Crippen molar-refractivity contribution in [2.75, 3.05) is 0 Å². The molecule has 0 heterocycles. The van der Waals surface area contributed by atoms with Crippen LogP contribution in [-0.4, -0.2) is 11.9 Å². The van der Waals surface area contributed by atoms with Crippen molar-refractivity contribution in [1.82, 2.24) is 5.32 Å². The van der Waals surface area contributed by atoms with E-state index in [-0.39, 0.29) is 11.6 Å². The molecule has 1 N–H and O–H groups in total. The van der Waals surface area contributed by atoms with Gasteiger partial charge in [0.15, 0.2) is 11.6 Å². The smallest absolute Gasteiger partial charge is 0.251 e. The van der Waals surface area contributed by atoms with Crippen molar-refractivity contribution in [1.29, 1.82) is 0 Å². The minimum Gasteiger partial charge on any atom is -0.349 e. The quantitative estimate of drug-likeness (QED) is 0.781. The molecule has 4 heteroatoms. The lowest BCUT2D eigenvalue weighted by atomic mass is 10.1. The average Bonchev–Trinajstić information content (AvgIpc) is 2.22. The van der Waals surface area contributed by atoms with Crippen LogP contribution in [0.4, 0.5) is 8.78 Å². The summed E-state index contributed by atoms with van der Waals surface area (Å²) in [5.74, 6) is -0.0974. The first-order valence-corrected chi connectivity index (χ1v) is 4.74. The van der Waals surface area contributed by atoms with Crippen LogP contribution in [0.15, 0.2) is 18.2 Å². The number of terminal acetylenes is 1. The third-order valence-corrected chi connectivity index (χ3v) is 1.98. The van der Waals surface area contributed by atoms with E-state index in [2.05, 4.69) is 11.2 Å². The molecule has 1 unspecified atom stereocenters. The fourth-order valence-corrected chi connectivity index (χ4v) is 1.17. The Bertz CT molecular complexity index is 437. The first kappa shape index (κ1) is 12.2. The van der Waals surface area contributed by atoms with Crippen LogP contribution in [0, 0.1) is 24.0 Å². The molecule has 0 saturated heterocycles. The zero-order chi connectivity index (χ0) is 12.1. The molecule has 16 heavy (non-hydrogen) atoms. The summed E-state index contributed by atoms with van der Waals surface area (Å²) in [6, 6.07) is 2.78. The molecule has 0 radical (unpaired) electrons. The summed E-state index contributed by atoms with van der Waals surface area (Å²) in [5, 5.41) is 2.57. The summed E-state index contributed by atoms with van der Waals surface area (Å²) in [6.45, 7) is 1.73. The molecule has 0 fully saturated rings. The predicted molar refractivity (Wildman–Crippen MR) is 56.7 cm³/mol. The molecule has 84 valence electrons. The summed E-state index contributed by atoms with van der Waals surface area (Å²) in [4.78, 5) is 11.5. The molecule has 0 spiro atoms. The van der Waals surface area contributed by atoms with Crippen molar-refractivity contribution in [3.8, 4) is 12.3 Å². The lowest BCUT2D eigenvalue weighted by Gasteiger charge is -2.10. The lowest BCUT2D eigenvalue weighted by Crippen LogP contribution is -2.32. The number of hydrogen-bond donors (Lipinski definition) is 1. The minimum absolute atomic E-state index is 0.0720. The van der Waals surface area contributed by atoms with Gasteiger partial charge in [-0.15, -0.1) is 12.3 Å². The van der Waals surface area contributed by atoms with Gasteiger partial charge in [-0.05, 0) is 25.1 Å². The molecule has 1 aromatic rings. The van der Waals surface area contributed by atoms with Gasteiger partial charge in [-0.1, -0.05) is 0 Å². The topological polar surface area (TPSA) is 29.1 Å². The molecule has 1 aromatic carbocycles. The van der Waals surface area contributed by atoms with Crippen molar-refractivity contribution in [3.63, 3.8) is 0 Å². The molecule has 1 amide bonds. The Labute approximate surface area is 92.7 Å². The molecule has 2 nitrogen and oxygen atoms in total. The van der Waals surface area contributed by atoms with Gasteiger partial charge in [-0.3, -0.25) is 4.79 Å². The lowest BCUT2D eigenvalue weighted by molar-refractivity contribution is 0.0940. The summed E-state index contributed by atoms with van der Waals surface area (Å²) >= 11 is 0. The van der Waals surface area contributed by atoms with Gasteiger partial charge >= 0.3 is 0 Å². The fraction of sp³-hybridized carbons (Fsp3) is 0.250. The van der Waals surface area contributed by atoms with Gasteiger partial charge in [0.2, 0.25) is 0 Å². The van der Waals surface area contributed by atoms with Gasteiger partial charge in [0, 0.05) is 18.0 Å². The van der Waals surface area contributed by atoms with Gasteiger partial charge in [0.1, 0.15) is 0 Å². The normalized spacial score (nSPS) is 11.6. The van der Waals surface area contributed by atoms with Crippen molar-refractivity contribution < 1.29 is 13.6 Å².